The molecule has 0 aromatic heterocycles. The van der Waals surface area contributed by atoms with Crippen LogP contribution in [0.25, 0.3) is 0 Å². The lowest BCUT2D eigenvalue weighted by atomic mass is 10.0. The lowest BCUT2D eigenvalue weighted by Crippen LogP contribution is -2.55. The highest BCUT2D eigenvalue weighted by atomic mass is 35.5. The van der Waals surface area contributed by atoms with E-state index >= 15 is 0 Å². The fourth-order valence-electron chi connectivity index (χ4n) is 5.27. The molecule has 0 radical (unpaired) electrons. The van der Waals surface area contributed by atoms with Crippen LogP contribution in [-0.2, 0) is 24.2 Å². The van der Waals surface area contributed by atoms with Crippen LogP contribution >= 0.6 is 11.6 Å². The van der Waals surface area contributed by atoms with Gasteiger partial charge in [-0.2, -0.15) is 0 Å². The molecule has 0 aliphatic carbocycles. The van der Waals surface area contributed by atoms with Crippen LogP contribution in [0.15, 0.2) is 42.5 Å². The summed E-state index contributed by atoms with van der Waals surface area (Å²) in [6.45, 7) is 7.04. The average Bonchev–Trinajstić information content (AvgIpc) is 2.98. The van der Waals surface area contributed by atoms with E-state index in [1.165, 1.54) is 22.4 Å². The van der Waals surface area contributed by atoms with E-state index in [0.717, 1.165) is 57.0 Å². The number of hydrogen-bond donors (Lipinski definition) is 0. The number of carbonyl (C=O) groups is 1. The maximum absolute atomic E-state index is 13.5. The van der Waals surface area contributed by atoms with Gasteiger partial charge in [-0.1, -0.05) is 41.9 Å². The molecular weight excluding hydrogens is 382 g/mol. The Labute approximate surface area is 178 Å². The average molecular weight is 410 g/mol. The van der Waals surface area contributed by atoms with Gasteiger partial charge < -0.3 is 4.90 Å². The zero-order valence-electron chi connectivity index (χ0n) is 17.0. The van der Waals surface area contributed by atoms with Crippen LogP contribution < -0.4 is 4.90 Å². The van der Waals surface area contributed by atoms with E-state index in [4.69, 9.17) is 11.6 Å². The Morgan fingerprint density at radius 3 is 2.48 bits per heavy atom. The van der Waals surface area contributed by atoms with Gasteiger partial charge in [-0.25, -0.2) is 0 Å². The van der Waals surface area contributed by atoms with Gasteiger partial charge in [0.15, 0.2) is 0 Å². The van der Waals surface area contributed by atoms with Crippen molar-refractivity contribution in [2.45, 2.75) is 44.8 Å². The molecule has 0 saturated carbocycles. The van der Waals surface area contributed by atoms with Crippen LogP contribution in [0, 0.1) is 0 Å². The molecule has 5 heteroatoms. The molecule has 4 nitrogen and oxygen atoms in total. The third-order valence-corrected chi connectivity index (χ3v) is 7.03. The molecule has 3 heterocycles. The zero-order chi connectivity index (χ0) is 20.0. The third kappa shape index (κ3) is 3.58. The predicted octanol–water partition coefficient (Wildman–Crippen LogP) is 3.75. The molecule has 2 aromatic carbocycles. The molecule has 3 aliphatic heterocycles. The van der Waals surface area contributed by atoms with Crippen molar-refractivity contribution in [3.63, 3.8) is 0 Å². The van der Waals surface area contributed by atoms with Crippen LogP contribution in [0.4, 0.5) is 5.69 Å². The topological polar surface area (TPSA) is 26.8 Å². The van der Waals surface area contributed by atoms with Gasteiger partial charge in [-0.3, -0.25) is 14.6 Å². The van der Waals surface area contributed by atoms with Gasteiger partial charge in [0, 0.05) is 43.8 Å². The normalized spacial score (nSPS) is 25.2. The Balaban J connectivity index is 1.27. The summed E-state index contributed by atoms with van der Waals surface area (Å²) in [4.78, 5) is 20.6. The summed E-state index contributed by atoms with van der Waals surface area (Å²) in [7, 11) is 0. The number of anilines is 1. The van der Waals surface area contributed by atoms with Crippen molar-refractivity contribution in [1.82, 2.24) is 9.80 Å². The standard InChI is InChI=1S/C24H28ClN3O/c1-17-15-20-4-2-3-19-7-10-22(24(29)28(17)23(19)20)27-13-11-26(12-14-27)16-18-5-8-21(25)9-6-18/h2-6,8-9,17,22H,7,10-16H2,1H3/t17-,22-/m0/s1. The Morgan fingerprint density at radius 2 is 1.72 bits per heavy atom. The number of nitrogens with zero attached hydrogens (tertiary/aromatic N) is 3. The highest BCUT2D eigenvalue weighted by molar-refractivity contribution is 6.30. The lowest BCUT2D eigenvalue weighted by molar-refractivity contribution is -0.125. The third-order valence-electron chi connectivity index (χ3n) is 6.78. The minimum atomic E-state index is 0.00785. The molecule has 0 N–H and O–H groups in total. The van der Waals surface area contributed by atoms with Gasteiger partial charge in [-0.05, 0) is 55.0 Å². The van der Waals surface area contributed by atoms with Crippen molar-refractivity contribution in [1.29, 1.82) is 0 Å². The van der Waals surface area contributed by atoms with Gasteiger partial charge in [0.05, 0.1) is 11.7 Å². The molecule has 2 atom stereocenters. The van der Waals surface area contributed by atoms with E-state index in [0.29, 0.717) is 5.91 Å². The fraction of sp³-hybridized carbons (Fsp3) is 0.458. The van der Waals surface area contributed by atoms with Gasteiger partial charge in [0.25, 0.3) is 0 Å². The van der Waals surface area contributed by atoms with Crippen molar-refractivity contribution in [3.8, 4) is 0 Å². The van der Waals surface area contributed by atoms with Crippen LogP contribution in [-0.4, -0.2) is 54.0 Å². The summed E-state index contributed by atoms with van der Waals surface area (Å²) in [5.41, 5.74) is 5.21. The highest BCUT2D eigenvalue weighted by Crippen LogP contribution is 2.39. The number of benzene rings is 2. The molecule has 0 spiro atoms. The molecule has 0 bridgehead atoms. The van der Waals surface area contributed by atoms with Gasteiger partial charge >= 0.3 is 0 Å². The minimum Gasteiger partial charge on any atom is -0.307 e. The first-order chi connectivity index (χ1) is 14.1. The van der Waals surface area contributed by atoms with Crippen LogP contribution in [0.2, 0.25) is 5.02 Å². The number of halogens is 1. The van der Waals surface area contributed by atoms with Crippen LogP contribution in [0.3, 0.4) is 0 Å². The molecule has 1 saturated heterocycles. The molecule has 29 heavy (non-hydrogen) atoms. The number of rotatable bonds is 3. The minimum absolute atomic E-state index is 0.00785. The maximum Gasteiger partial charge on any atom is 0.244 e. The highest BCUT2D eigenvalue weighted by Gasteiger charge is 2.41. The van der Waals surface area contributed by atoms with E-state index in [-0.39, 0.29) is 12.1 Å². The monoisotopic (exact) mass is 409 g/mol. The summed E-state index contributed by atoms with van der Waals surface area (Å²) in [5.74, 6) is 0.312. The second kappa shape index (κ2) is 7.75. The first kappa shape index (κ1) is 19.1. The maximum atomic E-state index is 13.5. The molecule has 152 valence electrons. The number of hydrogen-bond acceptors (Lipinski definition) is 3. The van der Waals surface area contributed by atoms with Crippen molar-refractivity contribution >= 4 is 23.2 Å². The quantitative estimate of drug-likeness (QED) is 0.772. The number of aryl methyl sites for hydroxylation is 1. The molecule has 5 rings (SSSR count). The smallest absolute Gasteiger partial charge is 0.244 e. The van der Waals surface area contributed by atoms with Gasteiger partial charge in [0.1, 0.15) is 0 Å². The summed E-state index contributed by atoms with van der Waals surface area (Å²) in [5, 5.41) is 0.783. The summed E-state index contributed by atoms with van der Waals surface area (Å²) in [6, 6.07) is 15.0. The van der Waals surface area contributed by atoms with Gasteiger partial charge in [0.2, 0.25) is 5.91 Å². The molecular formula is C24H28ClN3O. The first-order valence-corrected chi connectivity index (χ1v) is 11.1. The molecule has 3 aliphatic rings. The number of para-hydroxylation sites is 1. The second-order valence-electron chi connectivity index (χ2n) is 8.68. The first-order valence-electron chi connectivity index (χ1n) is 10.7. The number of piperazine rings is 1. The van der Waals surface area contributed by atoms with Crippen molar-refractivity contribution in [2.75, 3.05) is 31.1 Å². The number of amides is 1. The second-order valence-corrected chi connectivity index (χ2v) is 9.12. The number of carbonyl (C=O) groups excluding carboxylic acids is 1. The lowest BCUT2D eigenvalue weighted by Gasteiger charge is -2.39. The molecule has 1 fully saturated rings. The van der Waals surface area contributed by atoms with E-state index in [1.807, 2.05) is 12.1 Å². The Morgan fingerprint density at radius 1 is 1.00 bits per heavy atom. The van der Waals surface area contributed by atoms with E-state index < -0.39 is 0 Å². The van der Waals surface area contributed by atoms with Crippen molar-refractivity contribution < 1.29 is 4.79 Å². The zero-order valence-corrected chi connectivity index (χ0v) is 17.7. The van der Waals surface area contributed by atoms with Crippen molar-refractivity contribution in [2.24, 2.45) is 0 Å². The van der Waals surface area contributed by atoms with Crippen LogP contribution in [0.5, 0.6) is 0 Å². The molecule has 1 amide bonds. The SMILES string of the molecule is C[C@H]1Cc2cccc3c2N1C(=O)[C@@H](N1CCN(Cc2ccc(Cl)cc2)CC1)CC3. The van der Waals surface area contributed by atoms with E-state index in [2.05, 4.69) is 52.0 Å². The molecule has 0 unspecified atom stereocenters. The summed E-state index contributed by atoms with van der Waals surface area (Å²) in [6.07, 6.45) is 2.90. The van der Waals surface area contributed by atoms with Crippen LogP contribution in [0.1, 0.15) is 30.0 Å². The van der Waals surface area contributed by atoms with E-state index in [1.54, 1.807) is 0 Å². The largest absolute Gasteiger partial charge is 0.307 e. The Bertz CT molecular complexity index is 905. The summed E-state index contributed by atoms with van der Waals surface area (Å²) < 4.78 is 0. The Kier molecular flexibility index (Phi) is 5.10. The summed E-state index contributed by atoms with van der Waals surface area (Å²) >= 11 is 6.00. The Hall–Kier alpha value is -1.88. The van der Waals surface area contributed by atoms with Crippen molar-refractivity contribution in [3.05, 3.63) is 64.2 Å². The predicted molar refractivity (Wildman–Crippen MR) is 118 cm³/mol. The fourth-order valence-corrected chi connectivity index (χ4v) is 5.40. The molecule has 2 aromatic rings. The van der Waals surface area contributed by atoms with E-state index in [9.17, 15) is 4.79 Å². The van der Waals surface area contributed by atoms with Gasteiger partial charge in [-0.15, -0.1) is 0 Å².